The molecule has 1 amide bonds. The van der Waals surface area contributed by atoms with Crippen LogP contribution in [0.3, 0.4) is 0 Å². The van der Waals surface area contributed by atoms with Gasteiger partial charge < -0.3 is 15.0 Å². The molecule has 33 heavy (non-hydrogen) atoms. The molecule has 0 fully saturated rings. The number of carbonyl (C=O) groups excluding carboxylic acids is 2. The highest BCUT2D eigenvalue weighted by atomic mass is 32.2. The molecule has 170 valence electrons. The van der Waals surface area contributed by atoms with E-state index in [-0.39, 0.29) is 12.3 Å². The first-order chi connectivity index (χ1) is 15.9. The van der Waals surface area contributed by atoms with Gasteiger partial charge in [-0.05, 0) is 54.5 Å². The van der Waals surface area contributed by atoms with E-state index in [0.717, 1.165) is 33.2 Å². The van der Waals surface area contributed by atoms with Crippen LogP contribution in [-0.2, 0) is 14.3 Å². The number of amides is 1. The van der Waals surface area contributed by atoms with Crippen molar-refractivity contribution in [2.75, 3.05) is 12.4 Å². The number of carbonyl (C=O) groups is 2. The summed E-state index contributed by atoms with van der Waals surface area (Å²) in [5, 5.41) is 5.72. The Balaban J connectivity index is 1.66. The van der Waals surface area contributed by atoms with Crippen LogP contribution < -0.4 is 5.32 Å². The number of aryl methyl sites for hydroxylation is 2. The van der Waals surface area contributed by atoms with Crippen molar-refractivity contribution in [2.45, 2.75) is 39.7 Å². The second kappa shape index (κ2) is 9.67. The third-order valence-corrected chi connectivity index (χ3v) is 6.48. The first kappa shape index (κ1) is 22.9. The highest BCUT2D eigenvalue weighted by Gasteiger charge is 2.41. The fourth-order valence-corrected chi connectivity index (χ4v) is 5.22. The number of thioether (sulfide) groups is 1. The van der Waals surface area contributed by atoms with Gasteiger partial charge in [0.2, 0.25) is 5.91 Å². The van der Waals surface area contributed by atoms with Gasteiger partial charge in [-0.15, -0.1) is 0 Å². The smallest absolute Gasteiger partial charge is 0.338 e. The maximum atomic E-state index is 13.0. The van der Waals surface area contributed by atoms with Crippen LogP contribution in [0.4, 0.5) is 5.69 Å². The van der Waals surface area contributed by atoms with Gasteiger partial charge in [0.25, 0.3) is 0 Å². The van der Waals surface area contributed by atoms with Crippen LogP contribution in [-0.4, -0.2) is 29.1 Å². The van der Waals surface area contributed by atoms with Crippen molar-refractivity contribution in [1.29, 1.82) is 0 Å². The Labute approximate surface area is 198 Å². The maximum Gasteiger partial charge on any atom is 0.338 e. The molecule has 2 aliphatic heterocycles. The van der Waals surface area contributed by atoms with Crippen molar-refractivity contribution in [3.8, 4) is 0 Å². The lowest BCUT2D eigenvalue weighted by Crippen LogP contribution is -2.37. The molecular weight excluding hydrogens is 434 g/mol. The van der Waals surface area contributed by atoms with Crippen LogP contribution in [0.5, 0.6) is 0 Å². The van der Waals surface area contributed by atoms with Crippen molar-refractivity contribution >= 4 is 34.5 Å². The topological polar surface area (TPSA) is 71.0 Å². The number of fused-ring (bicyclic) bond motifs is 1. The summed E-state index contributed by atoms with van der Waals surface area (Å²) in [7, 11) is 1.39. The van der Waals surface area contributed by atoms with E-state index in [9.17, 15) is 9.59 Å². The zero-order valence-electron chi connectivity index (χ0n) is 19.2. The third-order valence-electron chi connectivity index (χ3n) is 5.59. The van der Waals surface area contributed by atoms with Crippen LogP contribution in [0.2, 0.25) is 0 Å². The number of hydrogen-bond donors (Lipinski definition) is 1. The molecule has 0 aliphatic carbocycles. The fourth-order valence-electron chi connectivity index (χ4n) is 4.28. The van der Waals surface area contributed by atoms with Crippen molar-refractivity contribution < 1.29 is 14.3 Å². The lowest BCUT2D eigenvalue weighted by atomic mass is 9.93. The summed E-state index contributed by atoms with van der Waals surface area (Å²) < 4.78 is 5.14. The number of rotatable bonds is 6. The lowest BCUT2D eigenvalue weighted by molar-refractivity contribution is -0.136. The van der Waals surface area contributed by atoms with E-state index in [0.29, 0.717) is 17.7 Å². The van der Waals surface area contributed by atoms with E-state index < -0.39 is 12.0 Å². The van der Waals surface area contributed by atoms with Crippen LogP contribution in [0.25, 0.3) is 0 Å². The number of hydrogen-bond acceptors (Lipinski definition) is 6. The van der Waals surface area contributed by atoms with Crippen molar-refractivity contribution in [3.63, 3.8) is 0 Å². The molecule has 0 aromatic heterocycles. The van der Waals surface area contributed by atoms with Crippen LogP contribution >= 0.6 is 11.8 Å². The number of nitrogens with zero attached hydrogens (tertiary/aromatic N) is 2. The molecule has 6 nitrogen and oxygen atoms in total. The minimum atomic E-state index is -0.406. The largest absolute Gasteiger partial charge is 0.466 e. The molecule has 0 bridgehead atoms. The Bertz CT molecular complexity index is 1160. The number of esters is 1. The molecule has 2 aromatic carbocycles. The zero-order valence-corrected chi connectivity index (χ0v) is 20.0. The number of benzene rings is 2. The molecule has 2 heterocycles. The Morgan fingerprint density at radius 3 is 2.45 bits per heavy atom. The summed E-state index contributed by atoms with van der Waals surface area (Å²) >= 11 is 1.47. The monoisotopic (exact) mass is 461 g/mol. The van der Waals surface area contributed by atoms with Gasteiger partial charge in [-0.1, -0.05) is 55.1 Å². The number of allylic oxidation sites excluding steroid dienone is 1. The standard InChI is InChI=1S/C26H27N3O3S/c1-5-21-23(25(31)32-4)24(18-9-7-6-8-10-18)29-20(15-33-26(29)28-21)14-22(30)27-19-12-16(2)11-17(3)13-19/h6-13,15,24H,5,14H2,1-4H3,(H,27,30)/t24-/m1/s1. The average molecular weight is 462 g/mol. The van der Waals surface area contributed by atoms with Crippen LogP contribution in [0.1, 0.15) is 42.5 Å². The highest BCUT2D eigenvalue weighted by molar-refractivity contribution is 8.16. The molecule has 1 atom stereocenters. The van der Waals surface area contributed by atoms with E-state index >= 15 is 0 Å². The van der Waals surface area contributed by atoms with Crippen molar-refractivity contribution in [2.24, 2.45) is 4.99 Å². The number of ether oxygens (including phenoxy) is 1. The summed E-state index contributed by atoms with van der Waals surface area (Å²) in [4.78, 5) is 32.6. The zero-order chi connectivity index (χ0) is 23.5. The molecule has 7 heteroatoms. The molecule has 4 rings (SSSR count). The van der Waals surface area contributed by atoms with Gasteiger partial charge in [-0.2, -0.15) is 0 Å². The minimum Gasteiger partial charge on any atom is -0.466 e. The second-order valence-electron chi connectivity index (χ2n) is 8.11. The second-order valence-corrected chi connectivity index (χ2v) is 8.95. The number of methoxy groups -OCH3 is 1. The molecule has 0 spiro atoms. The van der Waals surface area contributed by atoms with E-state index in [1.54, 1.807) is 0 Å². The summed E-state index contributed by atoms with van der Waals surface area (Å²) in [5.41, 5.74) is 5.93. The van der Waals surface area contributed by atoms with E-state index in [1.807, 2.05) is 73.5 Å². The Hall–Kier alpha value is -3.32. The number of aliphatic imine (C=N–C) groups is 1. The van der Waals surface area contributed by atoms with E-state index in [2.05, 4.69) is 11.4 Å². The molecule has 0 unspecified atom stereocenters. The fraction of sp³-hybridized carbons (Fsp3) is 0.269. The quantitative estimate of drug-likeness (QED) is 0.578. The number of nitrogens with one attached hydrogen (secondary N) is 1. The van der Waals surface area contributed by atoms with Crippen molar-refractivity contribution in [1.82, 2.24) is 4.90 Å². The molecule has 0 saturated carbocycles. The SMILES string of the molecule is CCC1=C(C(=O)OC)[C@@H](c2ccccc2)N2C(CC(=O)Nc3cc(C)cc(C)c3)=CSC2=N1. The van der Waals surface area contributed by atoms with Gasteiger partial charge in [0.1, 0.15) is 0 Å². The molecule has 2 aliphatic rings. The molecular formula is C26H27N3O3S. The highest BCUT2D eigenvalue weighted by Crippen LogP contribution is 2.45. The van der Waals surface area contributed by atoms with Gasteiger partial charge in [0.15, 0.2) is 5.17 Å². The molecule has 0 radical (unpaired) electrons. The van der Waals surface area contributed by atoms with Gasteiger partial charge in [0, 0.05) is 11.4 Å². The minimum absolute atomic E-state index is 0.121. The van der Waals surface area contributed by atoms with E-state index in [4.69, 9.17) is 9.73 Å². The Morgan fingerprint density at radius 2 is 1.82 bits per heavy atom. The predicted molar refractivity (Wildman–Crippen MR) is 133 cm³/mol. The van der Waals surface area contributed by atoms with Gasteiger partial charge in [-0.3, -0.25) is 4.79 Å². The first-order valence-corrected chi connectivity index (χ1v) is 11.8. The summed E-state index contributed by atoms with van der Waals surface area (Å²) in [6.07, 6.45) is 0.770. The Kier molecular flexibility index (Phi) is 6.70. The molecule has 2 aromatic rings. The van der Waals surface area contributed by atoms with E-state index in [1.165, 1.54) is 18.9 Å². The number of amidine groups is 1. The van der Waals surface area contributed by atoms with Crippen LogP contribution in [0.15, 0.2) is 75.9 Å². The van der Waals surface area contributed by atoms with Gasteiger partial charge in [-0.25, -0.2) is 9.79 Å². The maximum absolute atomic E-state index is 13.0. The van der Waals surface area contributed by atoms with Gasteiger partial charge in [0.05, 0.1) is 30.8 Å². The predicted octanol–water partition coefficient (Wildman–Crippen LogP) is 5.47. The normalized spacial score (nSPS) is 17.3. The lowest BCUT2D eigenvalue weighted by Gasteiger charge is -2.36. The summed E-state index contributed by atoms with van der Waals surface area (Å²) in [5.74, 6) is -0.524. The summed E-state index contributed by atoms with van der Waals surface area (Å²) in [6.45, 7) is 5.99. The number of anilines is 1. The first-order valence-electron chi connectivity index (χ1n) is 10.9. The molecule has 0 saturated heterocycles. The molecule has 1 N–H and O–H groups in total. The third kappa shape index (κ3) is 4.73. The van der Waals surface area contributed by atoms with Gasteiger partial charge >= 0.3 is 5.97 Å². The Morgan fingerprint density at radius 1 is 1.12 bits per heavy atom. The average Bonchev–Trinajstić information content (AvgIpc) is 3.19. The van der Waals surface area contributed by atoms with Crippen molar-refractivity contribution in [3.05, 3.63) is 87.6 Å². The van der Waals surface area contributed by atoms with Crippen LogP contribution in [0, 0.1) is 13.8 Å². The summed E-state index contributed by atoms with van der Waals surface area (Å²) in [6, 6.07) is 15.4.